The van der Waals surface area contributed by atoms with E-state index in [2.05, 4.69) is 0 Å². The van der Waals surface area contributed by atoms with E-state index in [1.165, 1.54) is 0 Å². The van der Waals surface area contributed by atoms with E-state index >= 15 is 0 Å². The first-order valence-corrected chi connectivity index (χ1v) is 12.8. The lowest BCUT2D eigenvalue weighted by molar-refractivity contribution is 0.0953. The van der Waals surface area contributed by atoms with E-state index in [0.29, 0.717) is 32.8 Å². The maximum absolute atomic E-state index is 13.6. The number of benzene rings is 2. The quantitative estimate of drug-likeness (QED) is 0.391. The van der Waals surface area contributed by atoms with Gasteiger partial charge < -0.3 is 23.5 Å². The highest BCUT2D eigenvalue weighted by Gasteiger charge is 2.26. The first-order valence-electron chi connectivity index (χ1n) is 11.7. The molecule has 190 valence electrons. The molecule has 5 nitrogen and oxygen atoms in total. The minimum atomic E-state index is -1.46. The number of ether oxygens (including phenoxy) is 4. The largest absolute Gasteiger partial charge is 0.606 e. The molecule has 2 rings (SSSR count). The summed E-state index contributed by atoms with van der Waals surface area (Å²) in [6, 6.07) is 10.9. The molecular weight excluding hydrogens is 448 g/mol. The van der Waals surface area contributed by atoms with Gasteiger partial charge in [-0.3, -0.25) is 0 Å². The van der Waals surface area contributed by atoms with Crippen molar-refractivity contribution in [2.45, 2.75) is 115 Å². The van der Waals surface area contributed by atoms with Crippen molar-refractivity contribution < 1.29 is 23.5 Å². The van der Waals surface area contributed by atoms with E-state index in [1.54, 1.807) is 12.1 Å². The molecule has 0 N–H and O–H groups in total. The molecular formula is C28H42O5S. The third-order valence-corrected chi connectivity index (χ3v) is 5.29. The number of rotatable bonds is 6. The zero-order valence-electron chi connectivity index (χ0n) is 22.9. The van der Waals surface area contributed by atoms with Crippen LogP contribution in [-0.2, 0) is 11.2 Å². The molecule has 6 heteroatoms. The van der Waals surface area contributed by atoms with Crippen molar-refractivity contribution in [3.8, 4) is 23.0 Å². The molecule has 2 aromatic rings. The third-order valence-electron chi connectivity index (χ3n) is 3.92. The average Bonchev–Trinajstić information content (AvgIpc) is 2.59. The topological polar surface area (TPSA) is 60.0 Å². The molecule has 0 saturated heterocycles. The van der Waals surface area contributed by atoms with E-state index in [0.717, 1.165) is 0 Å². The third kappa shape index (κ3) is 9.30. The van der Waals surface area contributed by atoms with Gasteiger partial charge in [-0.05, 0) is 107 Å². The first-order chi connectivity index (χ1) is 15.2. The summed E-state index contributed by atoms with van der Waals surface area (Å²) in [7, 11) is 0. The molecule has 2 aromatic carbocycles. The van der Waals surface area contributed by atoms with Crippen LogP contribution in [0.1, 0.15) is 83.1 Å². The first kappa shape index (κ1) is 28.2. The Morgan fingerprint density at radius 2 is 0.735 bits per heavy atom. The van der Waals surface area contributed by atoms with Crippen molar-refractivity contribution in [2.75, 3.05) is 0 Å². The van der Waals surface area contributed by atoms with Gasteiger partial charge in [-0.2, -0.15) is 0 Å². The number of hydrogen-bond acceptors (Lipinski definition) is 5. The van der Waals surface area contributed by atoms with Gasteiger partial charge in [0.25, 0.3) is 0 Å². The lowest BCUT2D eigenvalue weighted by Gasteiger charge is -2.28. The second-order valence-electron chi connectivity index (χ2n) is 12.3. The minimum absolute atomic E-state index is 0.390. The monoisotopic (exact) mass is 490 g/mol. The van der Waals surface area contributed by atoms with Gasteiger partial charge >= 0.3 is 0 Å². The smallest absolute Gasteiger partial charge is 0.167 e. The summed E-state index contributed by atoms with van der Waals surface area (Å²) in [6.45, 7) is 23.7. The van der Waals surface area contributed by atoms with Crippen molar-refractivity contribution in [3.63, 3.8) is 0 Å². The average molecular weight is 491 g/mol. The molecule has 0 aliphatic rings. The second kappa shape index (κ2) is 9.90. The molecule has 34 heavy (non-hydrogen) atoms. The maximum atomic E-state index is 13.6. The van der Waals surface area contributed by atoms with Gasteiger partial charge in [0.2, 0.25) is 0 Å². The highest BCUT2D eigenvalue weighted by atomic mass is 32.2. The fourth-order valence-electron chi connectivity index (χ4n) is 2.99. The fourth-order valence-corrected chi connectivity index (χ4v) is 4.07. The normalized spacial score (nSPS) is 13.1. The Hall–Kier alpha value is -2.05. The number of hydrogen-bond donors (Lipinski definition) is 0. The molecule has 0 bridgehead atoms. The van der Waals surface area contributed by atoms with Crippen LogP contribution in [-0.4, -0.2) is 27.0 Å². The fraction of sp³-hybridized carbons (Fsp3) is 0.571. The van der Waals surface area contributed by atoms with Crippen molar-refractivity contribution >= 4 is 11.2 Å². The van der Waals surface area contributed by atoms with E-state index in [1.807, 2.05) is 107 Å². The van der Waals surface area contributed by atoms with Crippen LogP contribution >= 0.6 is 0 Å². The Morgan fingerprint density at radius 3 is 1.00 bits per heavy atom. The summed E-state index contributed by atoms with van der Waals surface area (Å²) in [6.07, 6.45) is 0. The molecule has 0 radical (unpaired) electrons. The van der Waals surface area contributed by atoms with Crippen LogP contribution in [0, 0.1) is 0 Å². The molecule has 0 aromatic heterocycles. The standard InChI is InChI=1S/C28H42O5S/c1-25(2,3)30-21-15-13-19(17-23(21)32-27(7,8)9)34(29)20-14-16-22(31-26(4,5)6)24(18-20)33-28(10,11)12/h13-18H,1-12H3. The van der Waals surface area contributed by atoms with E-state index < -0.39 is 33.6 Å². The Bertz CT molecular complexity index is 893. The maximum Gasteiger partial charge on any atom is 0.167 e. The van der Waals surface area contributed by atoms with Crippen LogP contribution in [0.4, 0.5) is 0 Å². The van der Waals surface area contributed by atoms with Crippen molar-refractivity contribution in [1.29, 1.82) is 0 Å². The molecule has 0 aliphatic carbocycles. The second-order valence-corrected chi connectivity index (χ2v) is 13.8. The van der Waals surface area contributed by atoms with E-state index in [4.69, 9.17) is 18.9 Å². The molecule has 0 spiro atoms. The van der Waals surface area contributed by atoms with Gasteiger partial charge in [-0.15, -0.1) is 0 Å². The van der Waals surface area contributed by atoms with Gasteiger partial charge in [0, 0.05) is 23.3 Å². The Morgan fingerprint density at radius 1 is 0.471 bits per heavy atom. The van der Waals surface area contributed by atoms with Crippen LogP contribution in [0.15, 0.2) is 46.2 Å². The van der Waals surface area contributed by atoms with Gasteiger partial charge in [-0.1, -0.05) is 0 Å². The zero-order chi connectivity index (χ0) is 26.1. The predicted octanol–water partition coefficient (Wildman–Crippen LogP) is 7.56. The Balaban J connectivity index is 2.49. The van der Waals surface area contributed by atoms with Crippen LogP contribution in [0.5, 0.6) is 23.0 Å². The van der Waals surface area contributed by atoms with Gasteiger partial charge in [-0.25, -0.2) is 0 Å². The van der Waals surface area contributed by atoms with Crippen LogP contribution < -0.4 is 18.9 Å². The van der Waals surface area contributed by atoms with Gasteiger partial charge in [0.05, 0.1) is 0 Å². The lowest BCUT2D eigenvalue weighted by Crippen LogP contribution is -2.27. The van der Waals surface area contributed by atoms with Crippen LogP contribution in [0.3, 0.4) is 0 Å². The molecule has 0 atom stereocenters. The molecule has 0 unspecified atom stereocenters. The predicted molar refractivity (Wildman–Crippen MR) is 139 cm³/mol. The Labute approximate surface area is 209 Å². The van der Waals surface area contributed by atoms with E-state index in [9.17, 15) is 4.55 Å². The molecule has 0 aliphatic heterocycles. The SMILES string of the molecule is CC(C)(C)Oc1ccc([S+]([O-])c2ccc(OC(C)(C)C)c(OC(C)(C)C)c2)cc1OC(C)(C)C. The van der Waals surface area contributed by atoms with Crippen molar-refractivity contribution in [3.05, 3.63) is 36.4 Å². The molecule has 0 amide bonds. The minimum Gasteiger partial charge on any atom is -0.606 e. The summed E-state index contributed by atoms with van der Waals surface area (Å²) in [4.78, 5) is 1.23. The summed E-state index contributed by atoms with van der Waals surface area (Å²) in [5.41, 5.74) is -1.65. The lowest BCUT2D eigenvalue weighted by atomic mass is 10.1. The van der Waals surface area contributed by atoms with Gasteiger partial charge in [0.15, 0.2) is 32.8 Å². The van der Waals surface area contributed by atoms with Crippen molar-refractivity contribution in [1.82, 2.24) is 0 Å². The molecule has 0 heterocycles. The van der Waals surface area contributed by atoms with Gasteiger partial charge in [0.1, 0.15) is 22.4 Å². The molecule has 0 fully saturated rings. The van der Waals surface area contributed by atoms with Crippen molar-refractivity contribution in [2.24, 2.45) is 0 Å². The summed E-state index contributed by atoms with van der Waals surface area (Å²) < 4.78 is 38.1. The molecule has 0 saturated carbocycles. The zero-order valence-corrected chi connectivity index (χ0v) is 23.7. The van der Waals surface area contributed by atoms with Crippen LogP contribution in [0.2, 0.25) is 0 Å². The van der Waals surface area contributed by atoms with Crippen LogP contribution in [0.25, 0.3) is 0 Å². The summed E-state index contributed by atoms with van der Waals surface area (Å²) >= 11 is -1.46. The Kier molecular flexibility index (Phi) is 8.21. The summed E-state index contributed by atoms with van der Waals surface area (Å²) in [5, 5.41) is 0. The summed E-state index contributed by atoms with van der Waals surface area (Å²) in [5.74, 6) is 2.36. The van der Waals surface area contributed by atoms with E-state index in [-0.39, 0.29) is 0 Å². The highest BCUT2D eigenvalue weighted by molar-refractivity contribution is 7.91. The highest BCUT2D eigenvalue weighted by Crippen LogP contribution is 2.39.